The first-order valence-electron chi connectivity index (χ1n) is 8.78. The Morgan fingerprint density at radius 2 is 1.67 bits per heavy atom. The first-order valence-corrected chi connectivity index (χ1v) is 10.3. The maximum Gasteiger partial charge on any atom is 0.262 e. The van der Waals surface area contributed by atoms with Crippen LogP contribution in [-0.4, -0.2) is 27.7 Å². The lowest BCUT2D eigenvalue weighted by Crippen LogP contribution is -2.14. The molecule has 0 spiro atoms. The lowest BCUT2D eigenvalue weighted by atomic mass is 10.1. The number of ether oxygens (including phenoxy) is 2. The molecule has 0 saturated carbocycles. The van der Waals surface area contributed by atoms with Crippen molar-refractivity contribution in [2.45, 2.75) is 4.90 Å². The molecule has 2 N–H and O–H groups in total. The van der Waals surface area contributed by atoms with E-state index in [1.54, 1.807) is 36.4 Å². The van der Waals surface area contributed by atoms with E-state index in [1.807, 2.05) is 0 Å². The van der Waals surface area contributed by atoms with E-state index in [9.17, 15) is 18.3 Å². The van der Waals surface area contributed by atoms with E-state index in [0.717, 1.165) is 0 Å². The summed E-state index contributed by atoms with van der Waals surface area (Å²) in [7, 11) is -1.30. The third kappa shape index (κ3) is 3.09. The van der Waals surface area contributed by atoms with Crippen LogP contribution in [0.4, 0.5) is 5.69 Å². The quantitative estimate of drug-likeness (QED) is 0.469. The number of sulfonamides is 1. The molecule has 0 fully saturated rings. The summed E-state index contributed by atoms with van der Waals surface area (Å²) < 4.78 is 44.0. The highest BCUT2D eigenvalue weighted by atomic mass is 32.2. The van der Waals surface area contributed by atoms with Gasteiger partial charge in [-0.3, -0.25) is 9.52 Å². The van der Waals surface area contributed by atoms with Crippen LogP contribution in [0.1, 0.15) is 0 Å². The Labute approximate surface area is 171 Å². The third-order valence-electron chi connectivity index (χ3n) is 4.60. The Bertz CT molecular complexity index is 1430. The van der Waals surface area contributed by atoms with Crippen molar-refractivity contribution in [2.24, 2.45) is 0 Å². The number of methoxy groups -OCH3 is 2. The first-order chi connectivity index (χ1) is 14.4. The molecular formula is C21H17NO7S. The zero-order valence-corrected chi connectivity index (χ0v) is 16.8. The van der Waals surface area contributed by atoms with Crippen LogP contribution in [0.3, 0.4) is 0 Å². The van der Waals surface area contributed by atoms with Gasteiger partial charge >= 0.3 is 0 Å². The summed E-state index contributed by atoms with van der Waals surface area (Å²) >= 11 is 0. The number of phenolic OH excluding ortho intramolecular Hbond substituents is 1. The molecule has 0 saturated heterocycles. The van der Waals surface area contributed by atoms with Crippen molar-refractivity contribution in [1.29, 1.82) is 0 Å². The Kier molecular flexibility index (Phi) is 4.75. The molecule has 4 aromatic rings. The molecule has 4 rings (SSSR count). The lowest BCUT2D eigenvalue weighted by Gasteiger charge is -2.15. The summed E-state index contributed by atoms with van der Waals surface area (Å²) in [5.74, 6) is -0.457. The van der Waals surface area contributed by atoms with Crippen molar-refractivity contribution >= 4 is 37.6 Å². The maximum atomic E-state index is 13.1. The SMILES string of the molecule is COc1c(NS(=O)(=O)c2ccccc2)cc2oc3cccc(OC)c3c(=O)c2c1O. The molecule has 0 amide bonds. The van der Waals surface area contributed by atoms with Crippen LogP contribution < -0.4 is 19.6 Å². The molecule has 1 heterocycles. The fraction of sp³-hybridized carbons (Fsp3) is 0.0952. The number of aromatic hydroxyl groups is 1. The number of hydrogen-bond acceptors (Lipinski definition) is 7. The van der Waals surface area contributed by atoms with E-state index < -0.39 is 21.2 Å². The van der Waals surface area contributed by atoms with Gasteiger partial charge in [-0.2, -0.15) is 0 Å². The van der Waals surface area contributed by atoms with Crippen molar-refractivity contribution in [3.63, 3.8) is 0 Å². The van der Waals surface area contributed by atoms with Crippen molar-refractivity contribution in [3.05, 3.63) is 64.8 Å². The minimum Gasteiger partial charge on any atom is -0.504 e. The fourth-order valence-electron chi connectivity index (χ4n) is 3.25. The summed E-state index contributed by atoms with van der Waals surface area (Å²) in [6.45, 7) is 0. The van der Waals surface area contributed by atoms with Crippen LogP contribution in [0.15, 0.2) is 68.7 Å². The highest BCUT2D eigenvalue weighted by Crippen LogP contribution is 2.42. The number of nitrogens with one attached hydrogen (secondary N) is 1. The highest BCUT2D eigenvalue weighted by molar-refractivity contribution is 7.92. The zero-order valence-electron chi connectivity index (χ0n) is 16.0. The van der Waals surface area contributed by atoms with Crippen LogP contribution in [0.2, 0.25) is 0 Å². The van der Waals surface area contributed by atoms with Gasteiger partial charge in [0, 0.05) is 6.07 Å². The summed E-state index contributed by atoms with van der Waals surface area (Å²) in [5, 5.41) is 10.7. The van der Waals surface area contributed by atoms with E-state index in [4.69, 9.17) is 13.9 Å². The Morgan fingerprint density at radius 1 is 0.933 bits per heavy atom. The van der Waals surface area contributed by atoms with Gasteiger partial charge in [-0.05, 0) is 24.3 Å². The van der Waals surface area contributed by atoms with E-state index in [-0.39, 0.29) is 44.0 Å². The Morgan fingerprint density at radius 3 is 2.33 bits per heavy atom. The predicted octanol–water partition coefficient (Wildman–Crippen LogP) is 3.47. The van der Waals surface area contributed by atoms with Crippen LogP contribution in [0, 0.1) is 0 Å². The second-order valence-electron chi connectivity index (χ2n) is 6.36. The van der Waals surface area contributed by atoms with Crippen LogP contribution in [0.5, 0.6) is 17.2 Å². The number of phenols is 1. The molecule has 0 radical (unpaired) electrons. The van der Waals surface area contributed by atoms with Gasteiger partial charge in [-0.25, -0.2) is 8.42 Å². The average molecular weight is 427 g/mol. The maximum absolute atomic E-state index is 13.1. The number of benzene rings is 3. The molecular weight excluding hydrogens is 410 g/mol. The van der Waals surface area contributed by atoms with E-state index in [1.165, 1.54) is 32.4 Å². The molecule has 0 aliphatic rings. The summed E-state index contributed by atoms with van der Waals surface area (Å²) in [6.07, 6.45) is 0. The van der Waals surface area contributed by atoms with Gasteiger partial charge < -0.3 is 19.0 Å². The minimum atomic E-state index is -3.98. The number of hydrogen-bond donors (Lipinski definition) is 2. The molecule has 154 valence electrons. The monoisotopic (exact) mass is 427 g/mol. The number of rotatable bonds is 5. The second-order valence-corrected chi connectivity index (χ2v) is 8.04. The van der Waals surface area contributed by atoms with Crippen LogP contribution in [0.25, 0.3) is 21.9 Å². The van der Waals surface area contributed by atoms with Gasteiger partial charge in [0.15, 0.2) is 11.5 Å². The van der Waals surface area contributed by atoms with Crippen LogP contribution in [-0.2, 0) is 10.0 Å². The first kappa shape index (κ1) is 19.6. The molecule has 0 unspecified atom stereocenters. The zero-order chi connectivity index (χ0) is 21.5. The predicted molar refractivity (Wildman–Crippen MR) is 112 cm³/mol. The Balaban J connectivity index is 1.99. The summed E-state index contributed by atoms with van der Waals surface area (Å²) in [6, 6.07) is 13.8. The third-order valence-corrected chi connectivity index (χ3v) is 5.98. The van der Waals surface area contributed by atoms with Gasteiger partial charge in [0.2, 0.25) is 5.43 Å². The topological polar surface area (TPSA) is 115 Å². The number of anilines is 1. The van der Waals surface area contributed by atoms with Crippen molar-refractivity contribution in [2.75, 3.05) is 18.9 Å². The van der Waals surface area contributed by atoms with Crippen molar-refractivity contribution in [3.8, 4) is 17.2 Å². The van der Waals surface area contributed by atoms with Gasteiger partial charge in [0.25, 0.3) is 10.0 Å². The largest absolute Gasteiger partial charge is 0.504 e. The average Bonchev–Trinajstić information content (AvgIpc) is 2.73. The molecule has 1 aromatic heterocycles. The molecule has 0 aliphatic carbocycles. The minimum absolute atomic E-state index is 0.00943. The van der Waals surface area contributed by atoms with Gasteiger partial charge in [-0.1, -0.05) is 24.3 Å². The molecule has 3 aromatic carbocycles. The molecule has 0 bridgehead atoms. The van der Waals surface area contributed by atoms with Gasteiger partial charge in [-0.15, -0.1) is 0 Å². The van der Waals surface area contributed by atoms with Gasteiger partial charge in [0.05, 0.1) is 24.8 Å². The lowest BCUT2D eigenvalue weighted by molar-refractivity contribution is 0.378. The highest BCUT2D eigenvalue weighted by Gasteiger charge is 2.24. The van der Waals surface area contributed by atoms with Gasteiger partial charge in [0.1, 0.15) is 27.7 Å². The van der Waals surface area contributed by atoms with E-state index >= 15 is 0 Å². The van der Waals surface area contributed by atoms with Crippen molar-refractivity contribution in [1.82, 2.24) is 0 Å². The normalized spacial score (nSPS) is 11.5. The molecule has 30 heavy (non-hydrogen) atoms. The van der Waals surface area contributed by atoms with Crippen molar-refractivity contribution < 1.29 is 27.4 Å². The van der Waals surface area contributed by atoms with E-state index in [0.29, 0.717) is 0 Å². The molecule has 0 aliphatic heterocycles. The number of fused-ring (bicyclic) bond motifs is 2. The Hall–Kier alpha value is -3.72. The molecule has 0 atom stereocenters. The van der Waals surface area contributed by atoms with E-state index in [2.05, 4.69) is 4.72 Å². The standard InChI is InChI=1S/C21H17NO7S/c1-27-14-9-6-10-15-17(14)19(23)18-16(29-15)11-13(21(28-2)20(18)24)22-30(25,26)12-7-4-3-5-8-12/h3-11,22,24H,1-2H3. The molecule has 8 nitrogen and oxygen atoms in total. The summed E-state index contributed by atoms with van der Waals surface area (Å²) in [4.78, 5) is 13.1. The summed E-state index contributed by atoms with van der Waals surface area (Å²) in [5.41, 5.74) is -0.383. The smallest absolute Gasteiger partial charge is 0.262 e. The molecule has 9 heteroatoms. The second kappa shape index (κ2) is 7.27. The van der Waals surface area contributed by atoms with Crippen LogP contribution >= 0.6 is 0 Å². The fourth-order valence-corrected chi connectivity index (χ4v) is 4.32.